The van der Waals surface area contributed by atoms with Gasteiger partial charge in [-0.15, -0.1) is 0 Å². The van der Waals surface area contributed by atoms with Crippen LogP contribution in [0, 0.1) is 11.3 Å². The SMILES string of the molecule is N#CC(C(=O)c1cccc(Oc2ccccc2)c1)c1ccccn1. The normalized spacial score (nSPS) is 11.3. The molecule has 0 N–H and O–H groups in total. The maximum atomic E-state index is 12.7. The molecule has 24 heavy (non-hydrogen) atoms. The molecule has 0 radical (unpaired) electrons. The molecule has 1 atom stereocenters. The Labute approximate surface area is 140 Å². The topological polar surface area (TPSA) is 63.0 Å². The van der Waals surface area contributed by atoms with E-state index in [4.69, 9.17) is 4.74 Å². The smallest absolute Gasteiger partial charge is 0.186 e. The van der Waals surface area contributed by atoms with Gasteiger partial charge in [0.25, 0.3) is 0 Å². The maximum Gasteiger partial charge on any atom is 0.186 e. The minimum absolute atomic E-state index is 0.297. The van der Waals surface area contributed by atoms with Crippen LogP contribution in [-0.4, -0.2) is 10.8 Å². The summed E-state index contributed by atoms with van der Waals surface area (Å²) in [6, 6.07) is 23.3. The minimum atomic E-state index is -0.932. The molecule has 0 spiro atoms. The fourth-order valence-corrected chi connectivity index (χ4v) is 2.31. The van der Waals surface area contributed by atoms with Gasteiger partial charge in [0, 0.05) is 11.8 Å². The summed E-state index contributed by atoms with van der Waals surface area (Å²) in [4.78, 5) is 16.8. The van der Waals surface area contributed by atoms with Gasteiger partial charge < -0.3 is 4.74 Å². The summed E-state index contributed by atoms with van der Waals surface area (Å²) in [6.45, 7) is 0. The third-order valence-corrected chi connectivity index (χ3v) is 3.47. The van der Waals surface area contributed by atoms with Crippen molar-refractivity contribution in [3.8, 4) is 17.6 Å². The van der Waals surface area contributed by atoms with Gasteiger partial charge in [-0.05, 0) is 36.4 Å². The van der Waals surface area contributed by atoms with Crippen molar-refractivity contribution in [3.05, 3.63) is 90.3 Å². The first-order valence-corrected chi connectivity index (χ1v) is 7.45. The fourth-order valence-electron chi connectivity index (χ4n) is 2.31. The molecule has 1 unspecified atom stereocenters. The molecule has 0 aliphatic heterocycles. The van der Waals surface area contributed by atoms with Crippen molar-refractivity contribution in [1.29, 1.82) is 5.26 Å². The molecular formula is C20H14N2O2. The zero-order valence-corrected chi connectivity index (χ0v) is 12.8. The molecular weight excluding hydrogens is 300 g/mol. The van der Waals surface area contributed by atoms with E-state index in [1.165, 1.54) is 0 Å². The van der Waals surface area contributed by atoms with Gasteiger partial charge in [0.1, 0.15) is 11.5 Å². The maximum absolute atomic E-state index is 12.7. The standard InChI is InChI=1S/C20H14N2O2/c21-14-18(19-11-4-5-12-22-19)20(23)15-7-6-10-17(13-15)24-16-8-2-1-3-9-16/h1-13,18H. The molecule has 0 saturated heterocycles. The monoisotopic (exact) mass is 314 g/mol. The number of para-hydroxylation sites is 1. The van der Waals surface area contributed by atoms with E-state index in [1.54, 1.807) is 48.7 Å². The third kappa shape index (κ3) is 3.47. The van der Waals surface area contributed by atoms with Crippen molar-refractivity contribution < 1.29 is 9.53 Å². The zero-order chi connectivity index (χ0) is 16.8. The van der Waals surface area contributed by atoms with E-state index in [0.717, 1.165) is 0 Å². The fraction of sp³-hybridized carbons (Fsp3) is 0.0500. The third-order valence-electron chi connectivity index (χ3n) is 3.47. The Morgan fingerprint density at radius 1 is 0.958 bits per heavy atom. The number of ketones is 1. The number of carbonyl (C=O) groups is 1. The number of benzene rings is 2. The van der Waals surface area contributed by atoms with Crippen molar-refractivity contribution in [2.75, 3.05) is 0 Å². The van der Waals surface area contributed by atoms with E-state index in [0.29, 0.717) is 22.8 Å². The lowest BCUT2D eigenvalue weighted by atomic mass is 9.95. The molecule has 0 amide bonds. The highest BCUT2D eigenvalue weighted by Crippen LogP contribution is 2.25. The van der Waals surface area contributed by atoms with Crippen molar-refractivity contribution in [2.24, 2.45) is 0 Å². The number of nitriles is 1. The van der Waals surface area contributed by atoms with E-state index in [-0.39, 0.29) is 5.78 Å². The van der Waals surface area contributed by atoms with Crippen LogP contribution in [0.2, 0.25) is 0 Å². The Morgan fingerprint density at radius 2 is 1.71 bits per heavy atom. The summed E-state index contributed by atoms with van der Waals surface area (Å²) in [6.07, 6.45) is 1.57. The average Bonchev–Trinajstić information content (AvgIpc) is 2.64. The van der Waals surface area contributed by atoms with Crippen LogP contribution in [0.25, 0.3) is 0 Å². The van der Waals surface area contributed by atoms with E-state index < -0.39 is 5.92 Å². The second kappa shape index (κ2) is 7.21. The van der Waals surface area contributed by atoms with Crippen molar-refractivity contribution in [2.45, 2.75) is 5.92 Å². The first-order chi connectivity index (χ1) is 11.8. The van der Waals surface area contributed by atoms with Gasteiger partial charge in [0.15, 0.2) is 11.7 Å². The number of aromatic nitrogens is 1. The molecule has 0 bridgehead atoms. The van der Waals surface area contributed by atoms with Gasteiger partial charge in [0.05, 0.1) is 11.8 Å². The molecule has 0 fully saturated rings. The van der Waals surface area contributed by atoms with Gasteiger partial charge in [0.2, 0.25) is 0 Å². The first kappa shape index (κ1) is 15.4. The highest BCUT2D eigenvalue weighted by atomic mass is 16.5. The number of rotatable bonds is 5. The highest BCUT2D eigenvalue weighted by molar-refractivity contribution is 6.02. The molecule has 2 aromatic carbocycles. The Balaban J connectivity index is 1.85. The molecule has 1 aromatic heterocycles. The zero-order valence-electron chi connectivity index (χ0n) is 12.8. The number of carbonyl (C=O) groups excluding carboxylic acids is 1. The molecule has 3 aromatic rings. The summed E-state index contributed by atoms with van der Waals surface area (Å²) < 4.78 is 5.74. The molecule has 4 nitrogen and oxygen atoms in total. The van der Waals surface area contributed by atoms with Crippen LogP contribution in [0.4, 0.5) is 0 Å². The number of ether oxygens (including phenoxy) is 1. The van der Waals surface area contributed by atoms with Crippen molar-refractivity contribution in [3.63, 3.8) is 0 Å². The Kier molecular flexibility index (Phi) is 4.64. The molecule has 0 aliphatic rings. The second-order valence-electron chi connectivity index (χ2n) is 5.12. The minimum Gasteiger partial charge on any atom is -0.457 e. The summed E-state index contributed by atoms with van der Waals surface area (Å²) in [5, 5.41) is 9.37. The van der Waals surface area contributed by atoms with Gasteiger partial charge in [-0.1, -0.05) is 36.4 Å². The highest BCUT2D eigenvalue weighted by Gasteiger charge is 2.23. The molecule has 3 rings (SSSR count). The van der Waals surface area contributed by atoms with Crippen LogP contribution in [0.1, 0.15) is 22.0 Å². The summed E-state index contributed by atoms with van der Waals surface area (Å²) in [5.41, 5.74) is 0.861. The van der Waals surface area contributed by atoms with Crippen molar-refractivity contribution in [1.82, 2.24) is 4.98 Å². The second-order valence-corrected chi connectivity index (χ2v) is 5.12. The summed E-state index contributed by atoms with van der Waals surface area (Å²) >= 11 is 0. The van der Waals surface area contributed by atoms with Gasteiger partial charge in [-0.3, -0.25) is 9.78 Å². The Bertz CT molecular complexity index is 871. The predicted molar refractivity (Wildman–Crippen MR) is 89.9 cm³/mol. The summed E-state index contributed by atoms with van der Waals surface area (Å²) in [5.74, 6) is 0.00121. The lowest BCUT2D eigenvalue weighted by Crippen LogP contribution is -2.12. The van der Waals surface area contributed by atoms with E-state index >= 15 is 0 Å². The largest absolute Gasteiger partial charge is 0.457 e. The molecule has 4 heteroatoms. The number of hydrogen-bond acceptors (Lipinski definition) is 4. The Morgan fingerprint density at radius 3 is 2.42 bits per heavy atom. The lowest BCUT2D eigenvalue weighted by Gasteiger charge is -2.10. The lowest BCUT2D eigenvalue weighted by molar-refractivity contribution is 0.0977. The van der Waals surface area contributed by atoms with Crippen LogP contribution in [-0.2, 0) is 0 Å². The molecule has 116 valence electrons. The van der Waals surface area contributed by atoms with Gasteiger partial charge in [-0.2, -0.15) is 5.26 Å². The van der Waals surface area contributed by atoms with Crippen LogP contribution in [0.3, 0.4) is 0 Å². The van der Waals surface area contributed by atoms with E-state index in [9.17, 15) is 10.1 Å². The average molecular weight is 314 g/mol. The van der Waals surface area contributed by atoms with Crippen LogP contribution in [0.15, 0.2) is 79.0 Å². The predicted octanol–water partition coefficient (Wildman–Crippen LogP) is 4.36. The van der Waals surface area contributed by atoms with Crippen LogP contribution < -0.4 is 4.74 Å². The number of pyridine rings is 1. The Hall–Kier alpha value is -3.45. The quantitative estimate of drug-likeness (QED) is 0.656. The number of nitrogens with zero attached hydrogens (tertiary/aromatic N) is 2. The van der Waals surface area contributed by atoms with Gasteiger partial charge >= 0.3 is 0 Å². The van der Waals surface area contributed by atoms with E-state index in [1.807, 2.05) is 36.4 Å². The first-order valence-electron chi connectivity index (χ1n) is 7.45. The summed E-state index contributed by atoms with van der Waals surface area (Å²) in [7, 11) is 0. The number of hydrogen-bond donors (Lipinski definition) is 0. The van der Waals surface area contributed by atoms with Gasteiger partial charge in [-0.25, -0.2) is 0 Å². The van der Waals surface area contributed by atoms with E-state index in [2.05, 4.69) is 4.98 Å². The van der Waals surface area contributed by atoms with Crippen LogP contribution in [0.5, 0.6) is 11.5 Å². The number of Topliss-reactive ketones (excluding diaryl/α,β-unsaturated/α-hetero) is 1. The molecule has 1 heterocycles. The van der Waals surface area contributed by atoms with Crippen LogP contribution >= 0.6 is 0 Å². The molecule has 0 aliphatic carbocycles. The van der Waals surface area contributed by atoms with Crippen molar-refractivity contribution >= 4 is 5.78 Å². The molecule has 0 saturated carbocycles.